The van der Waals surface area contributed by atoms with Gasteiger partial charge in [0, 0.05) is 37.3 Å². The quantitative estimate of drug-likeness (QED) is 0.344. The minimum Gasteiger partial charge on any atom is -0.495 e. The smallest absolute Gasteiger partial charge is 0.336 e. The Kier molecular flexibility index (Phi) is 7.05. The summed E-state index contributed by atoms with van der Waals surface area (Å²) in [6, 6.07) is 19.3. The number of sulfonamides is 1. The van der Waals surface area contributed by atoms with Crippen LogP contribution in [0.1, 0.15) is 21.5 Å². The number of pyridine rings is 1. The van der Waals surface area contributed by atoms with Crippen LogP contribution in [0.15, 0.2) is 71.6 Å². The van der Waals surface area contributed by atoms with E-state index in [1.165, 1.54) is 6.07 Å². The van der Waals surface area contributed by atoms with E-state index in [4.69, 9.17) is 9.72 Å². The van der Waals surface area contributed by atoms with Gasteiger partial charge in [0.15, 0.2) is 0 Å². The van der Waals surface area contributed by atoms with E-state index in [0.717, 1.165) is 35.7 Å². The molecule has 39 heavy (non-hydrogen) atoms. The predicted octanol–water partition coefficient (Wildman–Crippen LogP) is 4.69. The number of para-hydroxylation sites is 2. The summed E-state index contributed by atoms with van der Waals surface area (Å²) >= 11 is 0. The number of aromatic nitrogens is 1. The number of anilines is 3. The number of methoxy groups -OCH3 is 1. The summed E-state index contributed by atoms with van der Waals surface area (Å²) < 4.78 is 34.1. The molecule has 3 aromatic carbocycles. The van der Waals surface area contributed by atoms with Crippen molar-refractivity contribution < 1.29 is 23.1 Å². The summed E-state index contributed by atoms with van der Waals surface area (Å²) in [4.78, 5) is 21.4. The molecular formula is C29H30N4O5S. The first kappa shape index (κ1) is 26.3. The molecule has 5 rings (SSSR count). The van der Waals surface area contributed by atoms with Crippen molar-refractivity contribution in [1.82, 2.24) is 4.98 Å². The van der Waals surface area contributed by atoms with Crippen LogP contribution in [0, 0.1) is 13.8 Å². The molecule has 1 aromatic heterocycles. The molecule has 10 heteroatoms. The lowest BCUT2D eigenvalue weighted by Crippen LogP contribution is -2.47. The van der Waals surface area contributed by atoms with Crippen molar-refractivity contribution in [3.63, 3.8) is 0 Å². The van der Waals surface area contributed by atoms with Crippen molar-refractivity contribution in [2.24, 2.45) is 0 Å². The number of rotatable bonds is 7. The summed E-state index contributed by atoms with van der Waals surface area (Å²) in [5.74, 6) is 0.278. The maximum atomic E-state index is 13.0. The molecule has 4 aromatic rings. The molecule has 0 amide bonds. The molecule has 0 atom stereocenters. The topological polar surface area (TPSA) is 112 Å². The van der Waals surface area contributed by atoms with Crippen LogP contribution in [0.3, 0.4) is 0 Å². The summed E-state index contributed by atoms with van der Waals surface area (Å²) in [6.45, 7) is 6.43. The van der Waals surface area contributed by atoms with Crippen LogP contribution in [0.4, 0.5) is 17.2 Å². The highest BCUT2D eigenvalue weighted by Crippen LogP contribution is 2.31. The molecule has 1 aliphatic rings. The Labute approximate surface area is 227 Å². The van der Waals surface area contributed by atoms with Gasteiger partial charge in [0.2, 0.25) is 0 Å². The molecular weight excluding hydrogens is 516 g/mol. The second-order valence-corrected chi connectivity index (χ2v) is 11.3. The van der Waals surface area contributed by atoms with Crippen molar-refractivity contribution in [2.45, 2.75) is 18.7 Å². The molecule has 9 nitrogen and oxygen atoms in total. The fraction of sp³-hybridized carbons (Fsp3) is 0.241. The van der Waals surface area contributed by atoms with Gasteiger partial charge in [0.1, 0.15) is 11.6 Å². The third-order valence-electron chi connectivity index (χ3n) is 6.81. The van der Waals surface area contributed by atoms with E-state index in [1.807, 2.05) is 44.2 Å². The number of fused-ring (bicyclic) bond motifs is 1. The van der Waals surface area contributed by atoms with Crippen molar-refractivity contribution in [3.05, 3.63) is 83.4 Å². The number of hydrogen-bond donors (Lipinski definition) is 2. The maximum absolute atomic E-state index is 13.0. The number of piperazine rings is 1. The van der Waals surface area contributed by atoms with E-state index in [9.17, 15) is 18.3 Å². The van der Waals surface area contributed by atoms with Crippen LogP contribution in [-0.2, 0) is 10.0 Å². The first-order chi connectivity index (χ1) is 18.6. The van der Waals surface area contributed by atoms with E-state index < -0.39 is 16.0 Å². The van der Waals surface area contributed by atoms with Crippen LogP contribution in [0.5, 0.6) is 5.75 Å². The molecule has 202 valence electrons. The number of carboxylic acids is 1. The Morgan fingerprint density at radius 2 is 1.59 bits per heavy atom. The monoisotopic (exact) mass is 546 g/mol. The van der Waals surface area contributed by atoms with E-state index in [2.05, 4.69) is 14.5 Å². The zero-order chi connectivity index (χ0) is 27.7. The Bertz CT molecular complexity index is 1640. The molecule has 0 radical (unpaired) electrons. The minimum absolute atomic E-state index is 0.0645. The first-order valence-corrected chi connectivity index (χ1v) is 14.0. The van der Waals surface area contributed by atoms with Crippen molar-refractivity contribution in [3.8, 4) is 5.75 Å². The van der Waals surface area contributed by atoms with Gasteiger partial charge in [-0.05, 0) is 73.5 Å². The van der Waals surface area contributed by atoms with Gasteiger partial charge in [0.05, 0.1) is 28.8 Å². The van der Waals surface area contributed by atoms with Gasteiger partial charge in [-0.15, -0.1) is 0 Å². The van der Waals surface area contributed by atoms with E-state index in [0.29, 0.717) is 29.8 Å². The largest absolute Gasteiger partial charge is 0.495 e. The van der Waals surface area contributed by atoms with E-state index in [1.54, 1.807) is 37.4 Å². The number of nitrogens with one attached hydrogen (secondary N) is 1. The zero-order valence-electron chi connectivity index (χ0n) is 22.0. The standard InChI is InChI=1S/C29H30N4O5S/c1-19-14-20(2)16-22(15-19)39(36,37)31-21-8-9-25-23(17-21)24(29(34)35)18-28(30-25)33-12-10-32(11-13-33)26-6-4-5-7-27(26)38-3/h4-9,14-18,31H,10-13H2,1-3H3,(H,34,35). The van der Waals surface area contributed by atoms with E-state index in [-0.39, 0.29) is 16.1 Å². The van der Waals surface area contributed by atoms with Crippen LogP contribution in [0.2, 0.25) is 0 Å². The zero-order valence-corrected chi connectivity index (χ0v) is 22.8. The Hall–Kier alpha value is -4.31. The van der Waals surface area contributed by atoms with Gasteiger partial charge in [-0.2, -0.15) is 0 Å². The van der Waals surface area contributed by atoms with Gasteiger partial charge < -0.3 is 19.6 Å². The summed E-state index contributed by atoms with van der Waals surface area (Å²) in [6.07, 6.45) is 0. The maximum Gasteiger partial charge on any atom is 0.336 e. The van der Waals surface area contributed by atoms with Crippen molar-refractivity contribution in [2.75, 3.05) is 47.8 Å². The first-order valence-electron chi connectivity index (χ1n) is 12.6. The normalized spacial score (nSPS) is 13.9. The highest BCUT2D eigenvalue weighted by molar-refractivity contribution is 7.92. The van der Waals surface area contributed by atoms with Gasteiger partial charge >= 0.3 is 5.97 Å². The number of carbonyl (C=O) groups is 1. The van der Waals surface area contributed by atoms with E-state index >= 15 is 0 Å². The number of aryl methyl sites for hydroxylation is 2. The van der Waals surface area contributed by atoms with Gasteiger partial charge in [-0.3, -0.25) is 4.72 Å². The van der Waals surface area contributed by atoms with Crippen LogP contribution < -0.4 is 19.3 Å². The fourth-order valence-corrected chi connectivity index (χ4v) is 6.22. The average molecular weight is 547 g/mol. The second-order valence-electron chi connectivity index (χ2n) is 9.64. The van der Waals surface area contributed by atoms with Gasteiger partial charge in [-0.25, -0.2) is 18.2 Å². The lowest BCUT2D eigenvalue weighted by atomic mass is 10.1. The van der Waals surface area contributed by atoms with Crippen molar-refractivity contribution >= 4 is 44.1 Å². The van der Waals surface area contributed by atoms with Gasteiger partial charge in [0.25, 0.3) is 10.0 Å². The number of aromatic carboxylic acids is 1. The highest BCUT2D eigenvalue weighted by atomic mass is 32.2. The summed E-state index contributed by atoms with van der Waals surface area (Å²) in [7, 11) is -2.20. The number of ether oxygens (including phenoxy) is 1. The number of hydrogen-bond acceptors (Lipinski definition) is 7. The average Bonchev–Trinajstić information content (AvgIpc) is 2.91. The van der Waals surface area contributed by atoms with Gasteiger partial charge in [-0.1, -0.05) is 18.2 Å². The third-order valence-corrected chi connectivity index (χ3v) is 8.17. The predicted molar refractivity (Wildman–Crippen MR) is 153 cm³/mol. The molecule has 1 aliphatic heterocycles. The molecule has 0 saturated carbocycles. The van der Waals surface area contributed by atoms with Crippen LogP contribution in [-0.4, -0.2) is 57.8 Å². The van der Waals surface area contributed by atoms with Crippen LogP contribution >= 0.6 is 0 Å². The minimum atomic E-state index is -3.86. The molecule has 0 aliphatic carbocycles. The molecule has 2 heterocycles. The Morgan fingerprint density at radius 3 is 2.26 bits per heavy atom. The highest BCUT2D eigenvalue weighted by Gasteiger charge is 2.23. The molecule has 0 spiro atoms. The molecule has 0 unspecified atom stereocenters. The molecule has 0 bridgehead atoms. The fourth-order valence-electron chi connectivity index (χ4n) is 4.98. The summed E-state index contributed by atoms with van der Waals surface area (Å²) in [5.41, 5.74) is 3.50. The lowest BCUT2D eigenvalue weighted by Gasteiger charge is -2.37. The number of nitrogens with zero attached hydrogens (tertiary/aromatic N) is 3. The van der Waals surface area contributed by atoms with Crippen LogP contribution in [0.25, 0.3) is 10.9 Å². The third kappa shape index (κ3) is 5.46. The number of carboxylic acid groups (broad SMARTS) is 1. The SMILES string of the molecule is COc1ccccc1N1CCN(c2cc(C(=O)O)c3cc(NS(=O)(=O)c4cc(C)cc(C)c4)ccc3n2)CC1. The molecule has 1 fully saturated rings. The Morgan fingerprint density at radius 1 is 0.923 bits per heavy atom. The lowest BCUT2D eigenvalue weighted by molar-refractivity contribution is 0.0699. The Balaban J connectivity index is 1.41. The summed E-state index contributed by atoms with van der Waals surface area (Å²) in [5, 5.41) is 10.4. The van der Waals surface area contributed by atoms with Crippen molar-refractivity contribution in [1.29, 1.82) is 0 Å². The number of benzene rings is 3. The molecule has 1 saturated heterocycles. The second kappa shape index (κ2) is 10.5. The molecule has 2 N–H and O–H groups in total.